The van der Waals surface area contributed by atoms with Crippen LogP contribution in [0.25, 0.3) is 0 Å². The molecule has 14 heavy (non-hydrogen) atoms. The Morgan fingerprint density at radius 1 is 1.43 bits per heavy atom. The van der Waals surface area contributed by atoms with Crippen molar-refractivity contribution in [2.75, 3.05) is 32.8 Å². The summed E-state index contributed by atoms with van der Waals surface area (Å²) in [5.74, 6) is 0. The van der Waals surface area contributed by atoms with Gasteiger partial charge in [-0.15, -0.1) is 0 Å². The van der Waals surface area contributed by atoms with Gasteiger partial charge < -0.3 is 15.3 Å². The molecule has 0 bridgehead atoms. The van der Waals surface area contributed by atoms with Crippen molar-refractivity contribution in [2.45, 2.75) is 39.7 Å². The molecule has 1 atom stereocenters. The smallest absolute Gasteiger partial charge is 0.0443 e. The van der Waals surface area contributed by atoms with Gasteiger partial charge >= 0.3 is 0 Å². The molecule has 0 saturated carbocycles. The predicted molar refractivity (Wildman–Crippen MR) is 61.6 cm³/mol. The molecule has 3 heteroatoms. The molecule has 0 aromatic heterocycles. The van der Waals surface area contributed by atoms with E-state index >= 15 is 0 Å². The summed E-state index contributed by atoms with van der Waals surface area (Å²) in [6.07, 6.45) is 2.14. The van der Waals surface area contributed by atoms with Crippen LogP contribution in [-0.2, 0) is 0 Å². The van der Waals surface area contributed by atoms with Crippen LogP contribution in [0.1, 0.15) is 33.6 Å². The van der Waals surface area contributed by atoms with Gasteiger partial charge in [-0.1, -0.05) is 13.8 Å². The summed E-state index contributed by atoms with van der Waals surface area (Å²) in [6.45, 7) is 11.0. The molecule has 2 N–H and O–H groups in total. The van der Waals surface area contributed by atoms with Crippen molar-refractivity contribution in [1.82, 2.24) is 10.2 Å². The summed E-state index contributed by atoms with van der Waals surface area (Å²) in [6, 6.07) is 0.603. The molecule has 0 aromatic carbocycles. The first-order valence-electron chi connectivity index (χ1n) is 5.89. The van der Waals surface area contributed by atoms with E-state index < -0.39 is 0 Å². The Bertz CT molecular complexity index is 120. The van der Waals surface area contributed by atoms with Gasteiger partial charge in [-0.2, -0.15) is 0 Å². The lowest BCUT2D eigenvalue weighted by Gasteiger charge is -2.21. The Hall–Kier alpha value is -0.120. The Morgan fingerprint density at radius 3 is 2.79 bits per heavy atom. The summed E-state index contributed by atoms with van der Waals surface area (Å²) in [4.78, 5) is 2.43. The SMILES string of the molecule is CC.CC1CN(CCCO)CCCN1. The zero-order valence-corrected chi connectivity index (χ0v) is 9.92. The highest BCUT2D eigenvalue weighted by Gasteiger charge is 2.12. The maximum Gasteiger partial charge on any atom is 0.0443 e. The van der Waals surface area contributed by atoms with Gasteiger partial charge in [0.15, 0.2) is 0 Å². The van der Waals surface area contributed by atoms with Crippen LogP contribution in [0.3, 0.4) is 0 Å². The Morgan fingerprint density at radius 2 is 2.14 bits per heavy atom. The normalized spacial score (nSPS) is 23.6. The second-order valence-electron chi connectivity index (χ2n) is 3.59. The molecule has 0 aliphatic carbocycles. The molecule has 0 radical (unpaired) electrons. The van der Waals surface area contributed by atoms with E-state index in [-0.39, 0.29) is 0 Å². The molecular weight excluding hydrogens is 176 g/mol. The maximum atomic E-state index is 8.69. The molecule has 0 amide bonds. The minimum Gasteiger partial charge on any atom is -0.396 e. The van der Waals surface area contributed by atoms with Crippen LogP contribution in [0, 0.1) is 0 Å². The van der Waals surface area contributed by atoms with E-state index in [9.17, 15) is 0 Å². The molecule has 1 aliphatic rings. The zero-order chi connectivity index (χ0) is 10.8. The molecule has 0 aromatic rings. The van der Waals surface area contributed by atoms with Gasteiger partial charge in [-0.25, -0.2) is 0 Å². The molecule has 0 spiro atoms. The molecule has 1 aliphatic heterocycles. The average molecular weight is 202 g/mol. The van der Waals surface area contributed by atoms with Crippen LogP contribution < -0.4 is 5.32 Å². The van der Waals surface area contributed by atoms with Crippen molar-refractivity contribution in [1.29, 1.82) is 0 Å². The van der Waals surface area contributed by atoms with Gasteiger partial charge in [0.05, 0.1) is 0 Å². The zero-order valence-electron chi connectivity index (χ0n) is 9.92. The molecule has 1 heterocycles. The van der Waals surface area contributed by atoms with Gasteiger partial charge in [-0.05, 0) is 32.9 Å². The number of aliphatic hydroxyl groups excluding tert-OH is 1. The van der Waals surface area contributed by atoms with Gasteiger partial charge in [0, 0.05) is 25.7 Å². The van der Waals surface area contributed by atoms with Gasteiger partial charge in [0.1, 0.15) is 0 Å². The number of hydrogen-bond acceptors (Lipinski definition) is 3. The maximum absolute atomic E-state index is 8.69. The third-order valence-corrected chi connectivity index (χ3v) is 2.31. The lowest BCUT2D eigenvalue weighted by Crippen LogP contribution is -2.35. The van der Waals surface area contributed by atoms with E-state index in [1.54, 1.807) is 0 Å². The van der Waals surface area contributed by atoms with Gasteiger partial charge in [-0.3, -0.25) is 0 Å². The third-order valence-electron chi connectivity index (χ3n) is 2.31. The van der Waals surface area contributed by atoms with Crippen LogP contribution in [0.15, 0.2) is 0 Å². The van der Waals surface area contributed by atoms with Gasteiger partial charge in [0.25, 0.3) is 0 Å². The van der Waals surface area contributed by atoms with Crippen molar-refractivity contribution in [2.24, 2.45) is 0 Å². The van der Waals surface area contributed by atoms with Crippen LogP contribution in [0.5, 0.6) is 0 Å². The number of hydrogen-bond donors (Lipinski definition) is 2. The fourth-order valence-electron chi connectivity index (χ4n) is 1.69. The van der Waals surface area contributed by atoms with Crippen molar-refractivity contribution >= 4 is 0 Å². The predicted octanol–water partition coefficient (Wildman–Crippen LogP) is 1.08. The number of nitrogens with one attached hydrogen (secondary N) is 1. The number of nitrogens with zero attached hydrogens (tertiary/aromatic N) is 1. The van der Waals surface area contributed by atoms with Gasteiger partial charge in [0.2, 0.25) is 0 Å². The van der Waals surface area contributed by atoms with E-state index in [0.717, 1.165) is 26.1 Å². The van der Waals surface area contributed by atoms with Crippen molar-refractivity contribution in [3.8, 4) is 0 Å². The molecule has 1 unspecified atom stereocenters. The molecule has 1 fully saturated rings. The van der Waals surface area contributed by atoms with Crippen LogP contribution >= 0.6 is 0 Å². The third kappa shape index (κ3) is 6.35. The fraction of sp³-hybridized carbons (Fsp3) is 1.00. The minimum absolute atomic E-state index is 0.318. The van der Waals surface area contributed by atoms with Crippen LogP contribution in [0.4, 0.5) is 0 Å². The van der Waals surface area contributed by atoms with Crippen LogP contribution in [-0.4, -0.2) is 48.8 Å². The second-order valence-corrected chi connectivity index (χ2v) is 3.59. The van der Waals surface area contributed by atoms with E-state index in [1.807, 2.05) is 13.8 Å². The molecular formula is C11H26N2O. The molecule has 1 rings (SSSR count). The van der Waals surface area contributed by atoms with E-state index in [4.69, 9.17) is 5.11 Å². The lowest BCUT2D eigenvalue weighted by molar-refractivity contribution is 0.223. The Balaban J connectivity index is 0.000000791. The van der Waals surface area contributed by atoms with Crippen LogP contribution in [0.2, 0.25) is 0 Å². The molecule has 3 nitrogen and oxygen atoms in total. The highest BCUT2D eigenvalue weighted by Crippen LogP contribution is 2.00. The Labute approximate surface area is 88.5 Å². The Kier molecular flexibility index (Phi) is 9.35. The fourth-order valence-corrected chi connectivity index (χ4v) is 1.69. The van der Waals surface area contributed by atoms with E-state index in [2.05, 4.69) is 17.1 Å². The summed E-state index contributed by atoms with van der Waals surface area (Å²) < 4.78 is 0. The highest BCUT2D eigenvalue weighted by atomic mass is 16.3. The first-order chi connectivity index (χ1) is 6.83. The quantitative estimate of drug-likeness (QED) is 0.719. The van der Waals surface area contributed by atoms with Crippen molar-refractivity contribution in [3.63, 3.8) is 0 Å². The summed E-state index contributed by atoms with van der Waals surface area (Å²) in [7, 11) is 0. The average Bonchev–Trinajstić information content (AvgIpc) is 2.43. The van der Waals surface area contributed by atoms with E-state index in [0.29, 0.717) is 12.6 Å². The number of aliphatic hydroxyl groups is 1. The summed E-state index contributed by atoms with van der Waals surface area (Å²) in [5.41, 5.74) is 0. The molecule has 1 saturated heterocycles. The monoisotopic (exact) mass is 202 g/mol. The summed E-state index contributed by atoms with van der Waals surface area (Å²) >= 11 is 0. The minimum atomic E-state index is 0.318. The second kappa shape index (κ2) is 9.44. The summed E-state index contributed by atoms with van der Waals surface area (Å²) in [5, 5.41) is 12.1. The van der Waals surface area contributed by atoms with Crippen molar-refractivity contribution < 1.29 is 5.11 Å². The van der Waals surface area contributed by atoms with E-state index in [1.165, 1.54) is 13.0 Å². The first kappa shape index (κ1) is 13.9. The largest absolute Gasteiger partial charge is 0.396 e. The highest BCUT2D eigenvalue weighted by molar-refractivity contribution is 4.72. The van der Waals surface area contributed by atoms with Crippen molar-refractivity contribution in [3.05, 3.63) is 0 Å². The standard InChI is InChI=1S/C9H20N2O.C2H6/c1-9-8-11(6-3-7-12)5-2-4-10-9;1-2/h9-10,12H,2-8H2,1H3;1-2H3. The molecule has 86 valence electrons. The first-order valence-corrected chi connectivity index (χ1v) is 5.89. The number of rotatable bonds is 3. The lowest BCUT2D eigenvalue weighted by atomic mass is 10.3. The topological polar surface area (TPSA) is 35.5 Å².